The zero-order valence-electron chi connectivity index (χ0n) is 9.97. The largest absolute Gasteiger partial charge is 0.366 e. The van der Waals surface area contributed by atoms with Crippen molar-refractivity contribution >= 4 is 11.4 Å². The van der Waals surface area contributed by atoms with Crippen LogP contribution in [0.3, 0.4) is 0 Å². The minimum absolute atomic E-state index is 0.230. The van der Waals surface area contributed by atoms with E-state index in [1.165, 1.54) is 19.3 Å². The summed E-state index contributed by atoms with van der Waals surface area (Å²) in [5, 5.41) is 11.0. The van der Waals surface area contributed by atoms with E-state index in [1.54, 1.807) is 12.1 Å². The molecule has 0 aromatic heterocycles. The summed E-state index contributed by atoms with van der Waals surface area (Å²) in [6, 6.07) is 7.06. The molecule has 92 valence electrons. The molecule has 17 heavy (non-hydrogen) atoms. The highest BCUT2D eigenvalue weighted by molar-refractivity contribution is 5.63. The lowest BCUT2D eigenvalue weighted by molar-refractivity contribution is -0.384. The Labute approximate surface area is 101 Å². The van der Waals surface area contributed by atoms with E-state index >= 15 is 0 Å². The van der Waals surface area contributed by atoms with E-state index in [2.05, 4.69) is 4.90 Å². The number of hydrogen-bond acceptors (Lipinski definition) is 3. The fourth-order valence-electron chi connectivity index (χ4n) is 2.37. The molecular weight excluding hydrogens is 216 g/mol. The predicted molar refractivity (Wildman–Crippen MR) is 68.4 cm³/mol. The summed E-state index contributed by atoms with van der Waals surface area (Å²) in [6.45, 7) is 1.87. The van der Waals surface area contributed by atoms with Crippen LogP contribution in [0, 0.1) is 10.1 Å². The van der Waals surface area contributed by atoms with Gasteiger partial charge in [0.25, 0.3) is 5.69 Å². The van der Waals surface area contributed by atoms with Crippen molar-refractivity contribution in [3.63, 3.8) is 0 Å². The van der Waals surface area contributed by atoms with Gasteiger partial charge in [0.05, 0.1) is 4.92 Å². The van der Waals surface area contributed by atoms with Gasteiger partial charge in [-0.05, 0) is 18.9 Å². The molecule has 4 nitrogen and oxygen atoms in total. The van der Waals surface area contributed by atoms with Crippen LogP contribution in [0.5, 0.6) is 0 Å². The Balaban J connectivity index is 2.21. The molecule has 4 heteroatoms. The molecule has 0 saturated carbocycles. The second-order valence-electron chi connectivity index (χ2n) is 4.50. The first-order valence-corrected chi connectivity index (χ1v) is 6.27. The Kier molecular flexibility index (Phi) is 3.96. The third-order valence-corrected chi connectivity index (χ3v) is 3.28. The SMILES string of the molecule is O=[N+]([O-])c1ccccc1N1CCCCCCC1. The Morgan fingerprint density at radius 1 is 1.00 bits per heavy atom. The molecule has 1 aliphatic rings. The van der Waals surface area contributed by atoms with Gasteiger partial charge in [0.1, 0.15) is 5.69 Å². The van der Waals surface area contributed by atoms with Crippen molar-refractivity contribution in [1.82, 2.24) is 0 Å². The number of rotatable bonds is 2. The first-order chi connectivity index (χ1) is 8.29. The Hall–Kier alpha value is -1.58. The number of para-hydroxylation sites is 2. The molecule has 0 unspecified atom stereocenters. The number of nitro groups is 1. The first kappa shape index (κ1) is 11.9. The standard InChI is InChI=1S/C13H18N2O2/c16-15(17)13-9-5-4-8-12(13)14-10-6-2-1-3-7-11-14/h4-5,8-9H,1-3,6-7,10-11H2. The first-order valence-electron chi connectivity index (χ1n) is 6.27. The molecule has 0 atom stereocenters. The zero-order chi connectivity index (χ0) is 12.1. The minimum Gasteiger partial charge on any atom is -0.366 e. The van der Waals surface area contributed by atoms with Crippen LogP contribution in [0.15, 0.2) is 24.3 Å². The molecule has 0 radical (unpaired) electrons. The normalized spacial score (nSPS) is 17.3. The molecule has 0 bridgehead atoms. The van der Waals surface area contributed by atoms with Gasteiger partial charge < -0.3 is 4.90 Å². The predicted octanol–water partition coefficient (Wildman–Crippen LogP) is 3.37. The van der Waals surface area contributed by atoms with Crippen LogP contribution < -0.4 is 4.90 Å². The van der Waals surface area contributed by atoms with E-state index in [1.807, 2.05) is 12.1 Å². The molecule has 0 spiro atoms. The maximum absolute atomic E-state index is 11.0. The average Bonchev–Trinajstić information content (AvgIpc) is 2.28. The maximum atomic E-state index is 11.0. The lowest BCUT2D eigenvalue weighted by atomic mass is 10.1. The Morgan fingerprint density at radius 3 is 2.24 bits per heavy atom. The van der Waals surface area contributed by atoms with Crippen LogP contribution in [-0.4, -0.2) is 18.0 Å². The van der Waals surface area contributed by atoms with E-state index in [0.717, 1.165) is 31.6 Å². The van der Waals surface area contributed by atoms with Crippen molar-refractivity contribution in [3.8, 4) is 0 Å². The average molecular weight is 234 g/mol. The molecule has 0 amide bonds. The molecule has 1 fully saturated rings. The lowest BCUT2D eigenvalue weighted by Gasteiger charge is -2.26. The highest BCUT2D eigenvalue weighted by Crippen LogP contribution is 2.29. The van der Waals surface area contributed by atoms with Crippen molar-refractivity contribution in [2.75, 3.05) is 18.0 Å². The van der Waals surface area contributed by atoms with Crippen LogP contribution >= 0.6 is 0 Å². The summed E-state index contributed by atoms with van der Waals surface area (Å²) in [6.07, 6.45) is 6.02. The van der Waals surface area contributed by atoms with Gasteiger partial charge in [-0.15, -0.1) is 0 Å². The van der Waals surface area contributed by atoms with E-state index in [9.17, 15) is 10.1 Å². The number of hydrogen-bond donors (Lipinski definition) is 0. The second kappa shape index (κ2) is 5.66. The topological polar surface area (TPSA) is 46.4 Å². The minimum atomic E-state index is -0.284. The summed E-state index contributed by atoms with van der Waals surface area (Å²) in [5.41, 5.74) is 1.01. The molecule has 1 aromatic carbocycles. The third-order valence-electron chi connectivity index (χ3n) is 3.28. The van der Waals surface area contributed by atoms with Crippen LogP contribution in [0.25, 0.3) is 0 Å². The molecule has 2 rings (SSSR count). The Bertz CT molecular complexity index is 385. The van der Waals surface area contributed by atoms with Crippen molar-refractivity contribution < 1.29 is 4.92 Å². The summed E-state index contributed by atoms with van der Waals surface area (Å²) in [7, 11) is 0. The van der Waals surface area contributed by atoms with E-state index in [-0.39, 0.29) is 10.6 Å². The highest BCUT2D eigenvalue weighted by Gasteiger charge is 2.18. The number of anilines is 1. The number of nitrogens with zero attached hydrogens (tertiary/aromatic N) is 2. The lowest BCUT2D eigenvalue weighted by Crippen LogP contribution is -2.27. The monoisotopic (exact) mass is 234 g/mol. The maximum Gasteiger partial charge on any atom is 0.292 e. The zero-order valence-corrected chi connectivity index (χ0v) is 9.97. The number of benzene rings is 1. The van der Waals surface area contributed by atoms with Gasteiger partial charge in [-0.25, -0.2) is 0 Å². The summed E-state index contributed by atoms with van der Waals surface area (Å²) >= 11 is 0. The van der Waals surface area contributed by atoms with Crippen molar-refractivity contribution in [2.45, 2.75) is 32.1 Å². The highest BCUT2D eigenvalue weighted by atomic mass is 16.6. The summed E-state index contributed by atoms with van der Waals surface area (Å²) in [5.74, 6) is 0. The van der Waals surface area contributed by atoms with Crippen molar-refractivity contribution in [1.29, 1.82) is 0 Å². The second-order valence-corrected chi connectivity index (χ2v) is 4.50. The third kappa shape index (κ3) is 2.96. The quantitative estimate of drug-likeness (QED) is 0.582. The molecule has 1 aromatic rings. The van der Waals surface area contributed by atoms with Gasteiger partial charge >= 0.3 is 0 Å². The van der Waals surface area contributed by atoms with Crippen LogP contribution in [0.1, 0.15) is 32.1 Å². The van der Waals surface area contributed by atoms with Gasteiger partial charge in [0, 0.05) is 19.2 Å². The summed E-state index contributed by atoms with van der Waals surface area (Å²) in [4.78, 5) is 12.9. The number of nitro benzene ring substituents is 1. The molecule has 0 N–H and O–H groups in total. The molecular formula is C13H18N2O2. The fourth-order valence-corrected chi connectivity index (χ4v) is 2.37. The van der Waals surface area contributed by atoms with E-state index < -0.39 is 0 Å². The van der Waals surface area contributed by atoms with Gasteiger partial charge in [0.15, 0.2) is 0 Å². The van der Waals surface area contributed by atoms with E-state index in [4.69, 9.17) is 0 Å². The van der Waals surface area contributed by atoms with Gasteiger partial charge in [-0.2, -0.15) is 0 Å². The fraction of sp³-hybridized carbons (Fsp3) is 0.538. The smallest absolute Gasteiger partial charge is 0.292 e. The van der Waals surface area contributed by atoms with Gasteiger partial charge in [0.2, 0.25) is 0 Å². The Morgan fingerprint density at radius 2 is 1.59 bits per heavy atom. The van der Waals surface area contributed by atoms with Gasteiger partial charge in [-0.1, -0.05) is 31.4 Å². The van der Waals surface area contributed by atoms with Crippen molar-refractivity contribution in [3.05, 3.63) is 34.4 Å². The molecule has 0 aliphatic carbocycles. The molecule has 1 saturated heterocycles. The van der Waals surface area contributed by atoms with Crippen molar-refractivity contribution in [2.24, 2.45) is 0 Å². The van der Waals surface area contributed by atoms with Crippen LogP contribution in [0.2, 0.25) is 0 Å². The molecule has 1 heterocycles. The molecule has 1 aliphatic heterocycles. The van der Waals surface area contributed by atoms with Crippen LogP contribution in [0.4, 0.5) is 11.4 Å². The van der Waals surface area contributed by atoms with Gasteiger partial charge in [-0.3, -0.25) is 10.1 Å². The van der Waals surface area contributed by atoms with E-state index in [0.29, 0.717) is 0 Å². The van der Waals surface area contributed by atoms with Crippen LogP contribution in [-0.2, 0) is 0 Å². The summed E-state index contributed by atoms with van der Waals surface area (Å²) < 4.78 is 0.